The number of para-hydroxylation sites is 1. The van der Waals surface area contributed by atoms with Crippen molar-refractivity contribution in [3.63, 3.8) is 0 Å². The maximum atomic E-state index is 11.3. The Bertz CT molecular complexity index is 601. The van der Waals surface area contributed by atoms with Gasteiger partial charge in [0.25, 0.3) is 0 Å². The first kappa shape index (κ1) is 14.0. The molecule has 20 heavy (non-hydrogen) atoms. The molecule has 1 heterocycles. The van der Waals surface area contributed by atoms with E-state index in [1.54, 1.807) is 14.0 Å². The number of carbonyl (C=O) groups is 1. The molecule has 106 valence electrons. The summed E-state index contributed by atoms with van der Waals surface area (Å²) in [6, 6.07) is 7.73. The molecule has 6 heteroatoms. The number of carbonyl (C=O) groups excluding carboxylic acids is 1. The van der Waals surface area contributed by atoms with Crippen molar-refractivity contribution in [1.29, 1.82) is 0 Å². The minimum atomic E-state index is -0.216. The molecule has 0 aliphatic heterocycles. The maximum Gasteiger partial charge on any atom is 0.307 e. The zero-order valence-electron chi connectivity index (χ0n) is 11.6. The number of ether oxygens (including phenoxy) is 1. The number of rotatable bonds is 6. The third kappa shape index (κ3) is 3.34. The Morgan fingerprint density at radius 3 is 2.85 bits per heavy atom. The lowest BCUT2D eigenvalue weighted by Crippen LogP contribution is -2.13. The second-order valence-electron chi connectivity index (χ2n) is 4.14. The third-order valence-electron chi connectivity index (χ3n) is 2.75. The Morgan fingerprint density at radius 1 is 1.30 bits per heavy atom. The summed E-state index contributed by atoms with van der Waals surface area (Å²) in [6.07, 6.45) is 0.307. The fourth-order valence-electron chi connectivity index (χ4n) is 1.84. The monoisotopic (exact) mass is 274 g/mol. The van der Waals surface area contributed by atoms with E-state index in [4.69, 9.17) is 4.74 Å². The van der Waals surface area contributed by atoms with Gasteiger partial charge in [-0.3, -0.25) is 4.79 Å². The molecule has 0 aliphatic carbocycles. The highest BCUT2D eigenvalue weighted by atomic mass is 16.5. The van der Waals surface area contributed by atoms with Crippen molar-refractivity contribution in [2.75, 3.05) is 30.8 Å². The van der Waals surface area contributed by atoms with E-state index in [1.165, 1.54) is 0 Å². The van der Waals surface area contributed by atoms with E-state index in [9.17, 15) is 4.79 Å². The highest BCUT2D eigenvalue weighted by molar-refractivity contribution is 5.90. The number of benzene rings is 1. The van der Waals surface area contributed by atoms with E-state index in [1.807, 2.05) is 24.3 Å². The maximum absolute atomic E-state index is 11.3. The summed E-state index contributed by atoms with van der Waals surface area (Å²) in [5, 5.41) is 7.01. The molecule has 1 aromatic carbocycles. The normalized spacial score (nSPS) is 10.3. The average molecular weight is 274 g/mol. The first-order valence-electron chi connectivity index (χ1n) is 6.58. The molecule has 0 bridgehead atoms. The van der Waals surface area contributed by atoms with Crippen molar-refractivity contribution in [3.05, 3.63) is 24.3 Å². The Morgan fingerprint density at radius 2 is 2.10 bits per heavy atom. The standard InChI is InChI=1S/C14H18N4O2/c1-3-20-12(19)8-9-16-13-10-6-4-5-7-11(10)17-14(15-2)18-13/h4-7H,3,8-9H2,1-2H3,(H2,15,16,17,18). The predicted octanol–water partition coefficient (Wildman–Crippen LogP) is 2.04. The highest BCUT2D eigenvalue weighted by Gasteiger charge is 2.07. The van der Waals surface area contributed by atoms with Crippen LogP contribution in [0.3, 0.4) is 0 Å². The van der Waals surface area contributed by atoms with Gasteiger partial charge in [0.1, 0.15) is 5.82 Å². The van der Waals surface area contributed by atoms with Gasteiger partial charge >= 0.3 is 5.97 Å². The lowest BCUT2D eigenvalue weighted by atomic mass is 10.2. The van der Waals surface area contributed by atoms with Crippen LogP contribution in [0.1, 0.15) is 13.3 Å². The zero-order valence-corrected chi connectivity index (χ0v) is 11.6. The smallest absolute Gasteiger partial charge is 0.307 e. The van der Waals surface area contributed by atoms with Gasteiger partial charge in [0.05, 0.1) is 18.5 Å². The molecular formula is C14H18N4O2. The van der Waals surface area contributed by atoms with Crippen molar-refractivity contribution in [2.24, 2.45) is 0 Å². The van der Waals surface area contributed by atoms with Gasteiger partial charge in [0.2, 0.25) is 5.95 Å². The summed E-state index contributed by atoms with van der Waals surface area (Å²) < 4.78 is 4.89. The largest absolute Gasteiger partial charge is 0.466 e. The molecule has 0 spiro atoms. The number of aromatic nitrogens is 2. The molecule has 0 unspecified atom stereocenters. The zero-order chi connectivity index (χ0) is 14.4. The summed E-state index contributed by atoms with van der Waals surface area (Å²) in [5.41, 5.74) is 0.852. The van der Waals surface area contributed by atoms with Gasteiger partial charge in [0, 0.05) is 19.0 Å². The van der Waals surface area contributed by atoms with Crippen LogP contribution < -0.4 is 10.6 Å². The molecule has 0 fully saturated rings. The van der Waals surface area contributed by atoms with E-state index >= 15 is 0 Å². The molecule has 2 rings (SSSR count). The molecule has 0 radical (unpaired) electrons. The molecule has 2 N–H and O–H groups in total. The molecule has 0 amide bonds. The van der Waals surface area contributed by atoms with Gasteiger partial charge < -0.3 is 15.4 Å². The minimum absolute atomic E-state index is 0.216. The number of esters is 1. The van der Waals surface area contributed by atoms with E-state index in [0.717, 1.165) is 10.9 Å². The number of anilines is 2. The fraction of sp³-hybridized carbons (Fsp3) is 0.357. The molecule has 2 aromatic rings. The van der Waals surface area contributed by atoms with Crippen LogP contribution in [0.15, 0.2) is 24.3 Å². The second-order valence-corrected chi connectivity index (χ2v) is 4.14. The van der Waals surface area contributed by atoms with Gasteiger partial charge in [-0.15, -0.1) is 0 Å². The number of nitrogens with zero attached hydrogens (tertiary/aromatic N) is 2. The van der Waals surface area contributed by atoms with E-state index in [-0.39, 0.29) is 5.97 Å². The Hall–Kier alpha value is -2.37. The van der Waals surface area contributed by atoms with Crippen LogP contribution in [-0.2, 0) is 9.53 Å². The molecular weight excluding hydrogens is 256 g/mol. The minimum Gasteiger partial charge on any atom is -0.466 e. The van der Waals surface area contributed by atoms with Gasteiger partial charge in [-0.25, -0.2) is 4.98 Å². The Kier molecular flexibility index (Phi) is 4.70. The van der Waals surface area contributed by atoms with Crippen molar-refractivity contribution >= 4 is 28.6 Å². The van der Waals surface area contributed by atoms with Crippen LogP contribution in [0.4, 0.5) is 11.8 Å². The molecule has 0 saturated heterocycles. The van der Waals surface area contributed by atoms with Crippen molar-refractivity contribution in [1.82, 2.24) is 9.97 Å². The number of hydrogen-bond acceptors (Lipinski definition) is 6. The van der Waals surface area contributed by atoms with Crippen molar-refractivity contribution in [3.8, 4) is 0 Å². The molecule has 0 aliphatic rings. The van der Waals surface area contributed by atoms with E-state index in [0.29, 0.717) is 31.3 Å². The quantitative estimate of drug-likeness (QED) is 0.785. The van der Waals surface area contributed by atoms with Crippen LogP contribution in [0, 0.1) is 0 Å². The van der Waals surface area contributed by atoms with E-state index < -0.39 is 0 Å². The van der Waals surface area contributed by atoms with Gasteiger partial charge in [-0.1, -0.05) is 12.1 Å². The van der Waals surface area contributed by atoms with Crippen molar-refractivity contribution in [2.45, 2.75) is 13.3 Å². The Labute approximate surface area is 117 Å². The van der Waals surface area contributed by atoms with E-state index in [2.05, 4.69) is 20.6 Å². The number of fused-ring (bicyclic) bond motifs is 1. The second kappa shape index (κ2) is 6.70. The lowest BCUT2D eigenvalue weighted by molar-refractivity contribution is -0.142. The predicted molar refractivity (Wildman–Crippen MR) is 78.8 cm³/mol. The van der Waals surface area contributed by atoms with Crippen molar-refractivity contribution < 1.29 is 9.53 Å². The molecule has 0 atom stereocenters. The van der Waals surface area contributed by atoms with Crippen LogP contribution in [0.5, 0.6) is 0 Å². The number of hydrogen-bond donors (Lipinski definition) is 2. The van der Waals surface area contributed by atoms with Crippen LogP contribution >= 0.6 is 0 Å². The Balaban J connectivity index is 2.14. The lowest BCUT2D eigenvalue weighted by Gasteiger charge is -2.10. The molecule has 6 nitrogen and oxygen atoms in total. The number of nitrogens with one attached hydrogen (secondary N) is 2. The van der Waals surface area contributed by atoms with Crippen LogP contribution in [0.25, 0.3) is 10.9 Å². The summed E-state index contributed by atoms with van der Waals surface area (Å²) in [7, 11) is 1.77. The third-order valence-corrected chi connectivity index (χ3v) is 2.75. The SMILES string of the molecule is CCOC(=O)CCNc1nc(NC)nc2ccccc12. The highest BCUT2D eigenvalue weighted by Crippen LogP contribution is 2.21. The fourth-order valence-corrected chi connectivity index (χ4v) is 1.84. The summed E-state index contributed by atoms with van der Waals surface area (Å²) in [6.45, 7) is 2.67. The average Bonchev–Trinajstić information content (AvgIpc) is 2.47. The van der Waals surface area contributed by atoms with Crippen LogP contribution in [0.2, 0.25) is 0 Å². The van der Waals surface area contributed by atoms with Gasteiger partial charge in [0.15, 0.2) is 0 Å². The molecule has 1 aromatic heterocycles. The first-order chi connectivity index (χ1) is 9.74. The summed E-state index contributed by atoms with van der Waals surface area (Å²) in [4.78, 5) is 20.1. The van der Waals surface area contributed by atoms with Gasteiger partial charge in [-0.05, 0) is 19.1 Å². The van der Waals surface area contributed by atoms with Gasteiger partial charge in [-0.2, -0.15) is 4.98 Å². The first-order valence-corrected chi connectivity index (χ1v) is 6.58. The summed E-state index contributed by atoms with van der Waals surface area (Å²) >= 11 is 0. The topological polar surface area (TPSA) is 76.1 Å². The molecule has 0 saturated carbocycles. The summed E-state index contributed by atoms with van der Waals surface area (Å²) in [5.74, 6) is 1.04. The van der Waals surface area contributed by atoms with Crippen LogP contribution in [-0.4, -0.2) is 36.1 Å².